The van der Waals surface area contributed by atoms with Gasteiger partial charge in [0.05, 0.1) is 10.2 Å². The van der Waals surface area contributed by atoms with Crippen LogP contribution in [0.4, 0.5) is 0 Å². The quantitative estimate of drug-likeness (QED) is 0.184. The zero-order valence-corrected chi connectivity index (χ0v) is 26.7. The fraction of sp³-hybridized carbons (Fsp3) is 0.0488. The Bertz CT molecular complexity index is 2310. The normalized spacial score (nSPS) is 11.2. The molecule has 0 fully saturated rings. The molecule has 0 unspecified atom stereocenters. The second kappa shape index (κ2) is 12.2. The number of nitrogens with zero attached hydrogens (tertiary/aromatic N) is 5. The molecule has 8 rings (SSSR count). The van der Waals surface area contributed by atoms with Crippen LogP contribution in [0.2, 0.25) is 0 Å². The molecule has 3 heterocycles. The van der Waals surface area contributed by atoms with Crippen molar-refractivity contribution in [2.24, 2.45) is 0 Å². The number of pyridine rings is 1. The van der Waals surface area contributed by atoms with Gasteiger partial charge in [-0.1, -0.05) is 109 Å². The summed E-state index contributed by atoms with van der Waals surface area (Å²) in [7, 11) is 0. The molecule has 0 radical (unpaired) electrons. The highest BCUT2D eigenvalue weighted by atomic mass is 32.1. The molecule has 0 saturated carbocycles. The molecule has 0 amide bonds. The maximum Gasteiger partial charge on any atom is 0.164 e. The van der Waals surface area contributed by atoms with Gasteiger partial charge in [0.2, 0.25) is 0 Å². The van der Waals surface area contributed by atoms with Crippen molar-refractivity contribution >= 4 is 21.6 Å². The highest BCUT2D eigenvalue weighted by Crippen LogP contribution is 2.39. The van der Waals surface area contributed by atoms with Gasteiger partial charge in [-0.05, 0) is 55.3 Å². The van der Waals surface area contributed by atoms with Crippen molar-refractivity contribution in [3.05, 3.63) is 151 Å². The zero-order chi connectivity index (χ0) is 31.7. The SMILES string of the molecule is Cc1ccc(-c2cc(-c3nc(-c4ccccc4)nc(-c4ccccc4)n3)cc(-c3cccc4sc(-c5ccccc5)nc34)c2)c(C)n1. The fourth-order valence-electron chi connectivity index (χ4n) is 5.88. The van der Waals surface area contributed by atoms with Crippen LogP contribution in [0.5, 0.6) is 0 Å². The lowest BCUT2D eigenvalue weighted by Gasteiger charge is -2.14. The summed E-state index contributed by atoms with van der Waals surface area (Å²) in [5.74, 6) is 1.86. The molecule has 47 heavy (non-hydrogen) atoms. The highest BCUT2D eigenvalue weighted by molar-refractivity contribution is 7.21. The predicted molar refractivity (Wildman–Crippen MR) is 193 cm³/mol. The van der Waals surface area contributed by atoms with Crippen molar-refractivity contribution in [3.8, 4) is 67.0 Å². The van der Waals surface area contributed by atoms with Gasteiger partial charge >= 0.3 is 0 Å². The minimum Gasteiger partial charge on any atom is -0.258 e. The van der Waals surface area contributed by atoms with E-state index in [2.05, 4.69) is 79.7 Å². The van der Waals surface area contributed by atoms with E-state index in [0.29, 0.717) is 17.5 Å². The smallest absolute Gasteiger partial charge is 0.164 e. The predicted octanol–water partition coefficient (Wildman–Crippen LogP) is 10.5. The second-order valence-corrected chi connectivity index (χ2v) is 12.5. The van der Waals surface area contributed by atoms with Gasteiger partial charge in [-0.2, -0.15) is 0 Å². The van der Waals surface area contributed by atoms with Crippen LogP contribution in [0.1, 0.15) is 11.4 Å². The van der Waals surface area contributed by atoms with E-state index in [1.165, 1.54) is 0 Å². The molecule has 224 valence electrons. The molecular formula is C41H29N5S. The van der Waals surface area contributed by atoms with Crippen LogP contribution in [0, 0.1) is 13.8 Å². The average molecular weight is 624 g/mol. The first kappa shape index (κ1) is 28.6. The first-order valence-corrected chi connectivity index (χ1v) is 16.3. The van der Waals surface area contributed by atoms with Gasteiger partial charge in [0.1, 0.15) is 5.01 Å². The van der Waals surface area contributed by atoms with Crippen molar-refractivity contribution in [2.75, 3.05) is 0 Å². The van der Waals surface area contributed by atoms with Crippen LogP contribution in [0.25, 0.3) is 77.2 Å². The number of hydrogen-bond acceptors (Lipinski definition) is 6. The van der Waals surface area contributed by atoms with Crippen LogP contribution in [-0.4, -0.2) is 24.9 Å². The van der Waals surface area contributed by atoms with Crippen LogP contribution >= 0.6 is 11.3 Å². The maximum absolute atomic E-state index is 5.17. The number of aryl methyl sites for hydroxylation is 2. The van der Waals surface area contributed by atoms with E-state index >= 15 is 0 Å². The summed E-state index contributed by atoms with van der Waals surface area (Å²) in [4.78, 5) is 25.0. The van der Waals surface area contributed by atoms with E-state index in [-0.39, 0.29) is 0 Å². The van der Waals surface area contributed by atoms with E-state index in [0.717, 1.165) is 71.1 Å². The molecule has 8 aromatic rings. The van der Waals surface area contributed by atoms with Gasteiger partial charge in [-0.3, -0.25) is 4.98 Å². The van der Waals surface area contributed by atoms with Crippen LogP contribution in [0.3, 0.4) is 0 Å². The van der Waals surface area contributed by atoms with E-state index < -0.39 is 0 Å². The van der Waals surface area contributed by atoms with Crippen molar-refractivity contribution in [1.29, 1.82) is 0 Å². The first-order valence-electron chi connectivity index (χ1n) is 15.5. The Morgan fingerprint density at radius 2 is 0.936 bits per heavy atom. The third kappa shape index (κ3) is 5.71. The van der Waals surface area contributed by atoms with E-state index in [1.54, 1.807) is 11.3 Å². The minimum atomic E-state index is 0.606. The van der Waals surface area contributed by atoms with Crippen molar-refractivity contribution in [3.63, 3.8) is 0 Å². The molecule has 0 aliphatic heterocycles. The summed E-state index contributed by atoms with van der Waals surface area (Å²) >= 11 is 1.71. The molecule has 0 aliphatic rings. The number of rotatable bonds is 6. The lowest BCUT2D eigenvalue weighted by Crippen LogP contribution is -2.01. The molecule has 5 nitrogen and oxygen atoms in total. The molecule has 3 aromatic heterocycles. The van der Waals surface area contributed by atoms with Crippen molar-refractivity contribution in [2.45, 2.75) is 13.8 Å². The summed E-state index contributed by atoms with van der Waals surface area (Å²) < 4.78 is 1.14. The monoisotopic (exact) mass is 623 g/mol. The topological polar surface area (TPSA) is 64.5 Å². The molecule has 0 bridgehead atoms. The molecule has 0 spiro atoms. The van der Waals surface area contributed by atoms with Gasteiger partial charge < -0.3 is 0 Å². The Hall–Kier alpha value is -5.85. The largest absolute Gasteiger partial charge is 0.258 e. The molecule has 6 heteroatoms. The van der Waals surface area contributed by atoms with Crippen LogP contribution < -0.4 is 0 Å². The second-order valence-electron chi connectivity index (χ2n) is 11.5. The third-order valence-corrected chi connectivity index (χ3v) is 9.25. The number of hydrogen-bond donors (Lipinski definition) is 0. The summed E-state index contributed by atoms with van der Waals surface area (Å²) in [6.07, 6.45) is 0. The van der Waals surface area contributed by atoms with E-state index in [4.69, 9.17) is 24.9 Å². The number of para-hydroxylation sites is 1. The Morgan fingerprint density at radius 3 is 1.53 bits per heavy atom. The molecule has 5 aromatic carbocycles. The van der Waals surface area contributed by atoms with E-state index in [1.807, 2.05) is 73.7 Å². The van der Waals surface area contributed by atoms with Gasteiger partial charge in [0.25, 0.3) is 0 Å². The maximum atomic E-state index is 5.17. The number of aromatic nitrogens is 5. The standard InChI is InChI=1S/C41H29N5S/c1-26-21-22-34(27(2)42-26)31-23-32(35-19-12-20-36-37(35)43-41(47-36)30-17-10-5-11-18-30)25-33(24-31)40-45-38(28-13-6-3-7-14-28)44-39(46-40)29-15-8-4-9-16-29/h3-25H,1-2H3. The third-order valence-electron chi connectivity index (χ3n) is 8.18. The van der Waals surface area contributed by atoms with Crippen LogP contribution in [-0.2, 0) is 0 Å². The zero-order valence-electron chi connectivity index (χ0n) is 25.9. The Kier molecular flexibility index (Phi) is 7.40. The molecular weight excluding hydrogens is 595 g/mol. The summed E-state index contributed by atoms with van der Waals surface area (Å²) in [6, 6.07) is 47.7. The lowest BCUT2D eigenvalue weighted by atomic mass is 9.94. The minimum absolute atomic E-state index is 0.606. The van der Waals surface area contributed by atoms with E-state index in [9.17, 15) is 0 Å². The van der Waals surface area contributed by atoms with Gasteiger partial charge in [-0.25, -0.2) is 19.9 Å². The Balaban J connectivity index is 1.37. The number of benzene rings is 5. The van der Waals surface area contributed by atoms with Gasteiger partial charge in [-0.15, -0.1) is 11.3 Å². The molecule has 0 atom stereocenters. The first-order chi connectivity index (χ1) is 23.1. The molecule has 0 saturated heterocycles. The van der Waals surface area contributed by atoms with Crippen molar-refractivity contribution < 1.29 is 0 Å². The van der Waals surface area contributed by atoms with Crippen molar-refractivity contribution in [1.82, 2.24) is 24.9 Å². The molecule has 0 aliphatic carbocycles. The lowest BCUT2D eigenvalue weighted by molar-refractivity contribution is 1.07. The Morgan fingerprint density at radius 1 is 0.404 bits per heavy atom. The summed E-state index contributed by atoms with van der Waals surface area (Å²) in [5.41, 5.74) is 11.0. The number of thiazole rings is 1. The molecule has 0 N–H and O–H groups in total. The summed E-state index contributed by atoms with van der Waals surface area (Å²) in [5, 5.41) is 1.00. The van der Waals surface area contributed by atoms with Crippen LogP contribution in [0.15, 0.2) is 140 Å². The highest BCUT2D eigenvalue weighted by Gasteiger charge is 2.18. The van der Waals surface area contributed by atoms with Gasteiger partial charge in [0, 0.05) is 44.8 Å². The Labute approximate surface area is 277 Å². The number of fused-ring (bicyclic) bond motifs is 1. The summed E-state index contributed by atoms with van der Waals surface area (Å²) in [6.45, 7) is 4.08. The van der Waals surface area contributed by atoms with Gasteiger partial charge in [0.15, 0.2) is 17.5 Å². The fourth-order valence-corrected chi connectivity index (χ4v) is 6.88. The average Bonchev–Trinajstić information content (AvgIpc) is 3.57.